The van der Waals surface area contributed by atoms with E-state index in [1.165, 1.54) is 12.1 Å². The number of benzene rings is 3. The van der Waals surface area contributed by atoms with Gasteiger partial charge in [0, 0.05) is 11.5 Å². The average molecular weight is 474 g/mol. The number of H-pyrrole nitrogens is 1. The van der Waals surface area contributed by atoms with Crippen molar-refractivity contribution in [2.24, 2.45) is 0 Å². The molecule has 178 valence electrons. The van der Waals surface area contributed by atoms with Crippen molar-refractivity contribution in [2.45, 2.75) is 18.9 Å². The number of fused-ring (bicyclic) bond motifs is 1. The lowest BCUT2D eigenvalue weighted by Gasteiger charge is -2.23. The number of hydrogen-bond donors (Lipinski definition) is 1. The fraction of sp³-hybridized carbons (Fsp3) is 0.185. The second-order valence-corrected chi connectivity index (χ2v) is 8.11. The second kappa shape index (κ2) is 9.50. The Morgan fingerprint density at radius 1 is 1.03 bits per heavy atom. The molecule has 3 aromatic carbocycles. The summed E-state index contributed by atoms with van der Waals surface area (Å²) in [6.07, 6.45) is 0.155. The third kappa shape index (κ3) is 4.55. The molecule has 1 N–H and O–H groups in total. The number of nitrogens with one attached hydrogen (secondary N) is 1. The fourth-order valence-corrected chi connectivity index (χ4v) is 4.22. The number of hydrogen-bond acceptors (Lipinski definition) is 6. The highest BCUT2D eigenvalue weighted by Crippen LogP contribution is 2.44. The van der Waals surface area contributed by atoms with Crippen LogP contribution in [0.25, 0.3) is 11.3 Å². The lowest BCUT2D eigenvalue weighted by atomic mass is 9.85. The molecule has 1 aliphatic rings. The number of halogens is 1. The van der Waals surface area contributed by atoms with Crippen molar-refractivity contribution in [1.29, 1.82) is 0 Å². The van der Waals surface area contributed by atoms with Gasteiger partial charge in [0.2, 0.25) is 5.88 Å². The summed E-state index contributed by atoms with van der Waals surface area (Å²) in [7, 11) is 3.16. The highest BCUT2D eigenvalue weighted by atomic mass is 19.1. The van der Waals surface area contributed by atoms with Crippen LogP contribution in [0.3, 0.4) is 0 Å². The number of methoxy groups -OCH3 is 2. The quantitative estimate of drug-likeness (QED) is 0.368. The molecule has 2 heterocycles. The largest absolute Gasteiger partial charge is 0.497 e. The molecule has 0 unspecified atom stereocenters. The number of esters is 1. The number of carbonyl (C=O) groups excluding carboxylic acids is 1. The highest BCUT2D eigenvalue weighted by molar-refractivity contribution is 5.80. The Kier molecular flexibility index (Phi) is 6.10. The maximum Gasteiger partial charge on any atom is 0.313 e. The summed E-state index contributed by atoms with van der Waals surface area (Å²) in [5.41, 5.74) is 4.02. The van der Waals surface area contributed by atoms with Crippen molar-refractivity contribution >= 4 is 5.97 Å². The molecule has 0 aliphatic carbocycles. The van der Waals surface area contributed by atoms with Gasteiger partial charge in [0.25, 0.3) is 0 Å². The number of aromatic amines is 1. The molecule has 4 aromatic rings. The summed E-state index contributed by atoms with van der Waals surface area (Å²) < 4.78 is 35.6. The van der Waals surface area contributed by atoms with E-state index >= 15 is 0 Å². The molecule has 0 saturated heterocycles. The van der Waals surface area contributed by atoms with Gasteiger partial charge in [-0.3, -0.25) is 9.89 Å². The van der Waals surface area contributed by atoms with E-state index in [4.69, 9.17) is 18.9 Å². The Hall–Kier alpha value is -4.33. The third-order valence-corrected chi connectivity index (χ3v) is 5.95. The van der Waals surface area contributed by atoms with Crippen LogP contribution >= 0.6 is 0 Å². The number of nitrogens with zero attached hydrogens (tertiary/aromatic N) is 1. The first-order valence-corrected chi connectivity index (χ1v) is 11.0. The smallest absolute Gasteiger partial charge is 0.313 e. The predicted octanol–water partition coefficient (Wildman–Crippen LogP) is 5.25. The fourth-order valence-electron chi connectivity index (χ4n) is 4.22. The van der Waals surface area contributed by atoms with E-state index < -0.39 is 0 Å². The monoisotopic (exact) mass is 474 g/mol. The molecular formula is C27H23FN2O5. The van der Waals surface area contributed by atoms with Gasteiger partial charge >= 0.3 is 5.97 Å². The molecule has 7 nitrogen and oxygen atoms in total. The van der Waals surface area contributed by atoms with Crippen molar-refractivity contribution in [3.63, 3.8) is 0 Å². The van der Waals surface area contributed by atoms with Crippen LogP contribution in [0.5, 0.6) is 23.1 Å². The van der Waals surface area contributed by atoms with Gasteiger partial charge in [-0.2, -0.15) is 0 Å². The van der Waals surface area contributed by atoms with E-state index in [-0.39, 0.29) is 36.6 Å². The van der Waals surface area contributed by atoms with E-state index in [2.05, 4.69) is 10.2 Å². The predicted molar refractivity (Wildman–Crippen MR) is 126 cm³/mol. The van der Waals surface area contributed by atoms with Crippen molar-refractivity contribution < 1.29 is 28.1 Å². The van der Waals surface area contributed by atoms with Crippen molar-refractivity contribution in [2.75, 3.05) is 14.2 Å². The van der Waals surface area contributed by atoms with Gasteiger partial charge in [-0.25, -0.2) is 4.39 Å². The van der Waals surface area contributed by atoms with Crippen LogP contribution in [-0.4, -0.2) is 30.4 Å². The summed E-state index contributed by atoms with van der Waals surface area (Å²) in [4.78, 5) is 12.4. The molecule has 1 aliphatic heterocycles. The summed E-state index contributed by atoms with van der Waals surface area (Å²) in [6.45, 7) is 0.191. The Morgan fingerprint density at radius 3 is 2.60 bits per heavy atom. The zero-order chi connectivity index (χ0) is 24.4. The van der Waals surface area contributed by atoms with Gasteiger partial charge in [-0.1, -0.05) is 18.2 Å². The van der Waals surface area contributed by atoms with Crippen LogP contribution in [0, 0.1) is 5.82 Å². The van der Waals surface area contributed by atoms with Crippen LogP contribution in [0.1, 0.15) is 29.0 Å². The summed E-state index contributed by atoms with van der Waals surface area (Å²) in [5, 5.41) is 7.26. The average Bonchev–Trinajstić information content (AvgIpc) is 3.30. The maximum absolute atomic E-state index is 13.5. The van der Waals surface area contributed by atoms with Crippen molar-refractivity contribution in [3.05, 3.63) is 89.2 Å². The molecule has 0 amide bonds. The minimum Gasteiger partial charge on any atom is -0.497 e. The Labute approximate surface area is 201 Å². The minimum atomic E-state index is -0.360. The SMILES string of the molecule is COc1ccc(-c2[nH]nc3c2[C@@H](c2ccc(OCc4cccc(F)c4)c(OC)c2)CC(=O)O3)cc1. The molecule has 5 rings (SSSR count). The Bertz CT molecular complexity index is 1370. The molecule has 8 heteroatoms. The van der Waals surface area contributed by atoms with Crippen LogP contribution in [0.2, 0.25) is 0 Å². The van der Waals surface area contributed by atoms with Crippen molar-refractivity contribution in [1.82, 2.24) is 10.2 Å². The molecule has 0 saturated carbocycles. The van der Waals surface area contributed by atoms with Crippen molar-refractivity contribution in [3.8, 4) is 34.4 Å². The maximum atomic E-state index is 13.5. The van der Waals surface area contributed by atoms with E-state index in [0.717, 1.165) is 28.1 Å². The molecule has 0 bridgehead atoms. The lowest BCUT2D eigenvalue weighted by Crippen LogP contribution is -2.21. The molecule has 1 aromatic heterocycles. The van der Waals surface area contributed by atoms with Gasteiger partial charge in [0.05, 0.1) is 31.9 Å². The van der Waals surface area contributed by atoms with Crippen LogP contribution in [-0.2, 0) is 11.4 Å². The number of aromatic nitrogens is 2. The molecule has 35 heavy (non-hydrogen) atoms. The lowest BCUT2D eigenvalue weighted by molar-refractivity contribution is -0.135. The molecule has 0 spiro atoms. The summed E-state index contributed by atoms with van der Waals surface area (Å²) >= 11 is 0. The van der Waals surface area contributed by atoms with Gasteiger partial charge in [0.15, 0.2) is 11.5 Å². The first-order chi connectivity index (χ1) is 17.1. The van der Waals surface area contributed by atoms with Crippen LogP contribution in [0.15, 0.2) is 66.7 Å². The zero-order valence-corrected chi connectivity index (χ0v) is 19.2. The van der Waals surface area contributed by atoms with Gasteiger partial charge < -0.3 is 18.9 Å². The summed E-state index contributed by atoms with van der Waals surface area (Å²) in [5.74, 6) is 1.05. The van der Waals surface area contributed by atoms with Gasteiger partial charge in [0.1, 0.15) is 18.2 Å². The Morgan fingerprint density at radius 2 is 1.86 bits per heavy atom. The normalized spacial score (nSPS) is 14.7. The first-order valence-electron chi connectivity index (χ1n) is 11.0. The molecule has 1 atom stereocenters. The number of carbonyl (C=O) groups is 1. The molecule has 0 fully saturated rings. The van der Waals surface area contributed by atoms with E-state index in [9.17, 15) is 9.18 Å². The first kappa shape index (κ1) is 22.5. The standard InChI is InChI=1S/C27H23FN2O5/c1-32-20-9-6-17(7-10-20)26-25-21(14-24(31)35-27(25)30-29-26)18-8-11-22(23(13-18)33-2)34-15-16-4-3-5-19(28)12-16/h3-13,21H,14-15H2,1-2H3,(H,29,30)/t21-/m1/s1. The van der Waals surface area contributed by atoms with Gasteiger partial charge in [-0.15, -0.1) is 5.10 Å². The topological polar surface area (TPSA) is 82.7 Å². The zero-order valence-electron chi connectivity index (χ0n) is 19.2. The molecule has 0 radical (unpaired) electrons. The highest BCUT2D eigenvalue weighted by Gasteiger charge is 2.34. The second-order valence-electron chi connectivity index (χ2n) is 8.11. The van der Waals surface area contributed by atoms with E-state index in [0.29, 0.717) is 17.1 Å². The van der Waals surface area contributed by atoms with Crippen LogP contribution < -0.4 is 18.9 Å². The number of rotatable bonds is 7. The third-order valence-electron chi connectivity index (χ3n) is 5.95. The molecular weight excluding hydrogens is 451 g/mol. The van der Waals surface area contributed by atoms with E-state index in [1.807, 2.05) is 36.4 Å². The number of ether oxygens (including phenoxy) is 4. The minimum absolute atomic E-state index is 0.155. The summed E-state index contributed by atoms with van der Waals surface area (Å²) in [6, 6.07) is 19.3. The van der Waals surface area contributed by atoms with Crippen LogP contribution in [0.4, 0.5) is 4.39 Å². The van der Waals surface area contributed by atoms with Gasteiger partial charge in [-0.05, 0) is 59.7 Å². The Balaban J connectivity index is 1.47. The van der Waals surface area contributed by atoms with E-state index in [1.54, 1.807) is 32.4 Å².